The Balaban J connectivity index is 1.42. The number of piperazine rings is 1. The molecule has 1 aromatic carbocycles. The lowest BCUT2D eigenvalue weighted by Gasteiger charge is -2.36. The highest BCUT2D eigenvalue weighted by molar-refractivity contribution is 5.95. The molecule has 0 unspecified atom stereocenters. The Morgan fingerprint density at radius 2 is 1.65 bits per heavy atom. The summed E-state index contributed by atoms with van der Waals surface area (Å²) < 4.78 is 14.0. The van der Waals surface area contributed by atoms with Crippen LogP contribution in [0.5, 0.6) is 0 Å². The molecular formula is C20H23FN4O. The Hall–Kier alpha value is -2.63. The number of pyridine rings is 1. The summed E-state index contributed by atoms with van der Waals surface area (Å²) in [5.41, 5.74) is 2.27. The summed E-state index contributed by atoms with van der Waals surface area (Å²) in [6.45, 7) is 4.49. The topological polar surface area (TPSA) is 39.7 Å². The zero-order chi connectivity index (χ0) is 17.9. The minimum atomic E-state index is -0.213. The van der Waals surface area contributed by atoms with E-state index in [1.54, 1.807) is 18.3 Å². The molecule has 5 nitrogen and oxygen atoms in total. The average Bonchev–Trinajstić information content (AvgIpc) is 3.23. The van der Waals surface area contributed by atoms with Crippen LogP contribution in [0.2, 0.25) is 0 Å². The van der Waals surface area contributed by atoms with E-state index in [1.165, 1.54) is 18.9 Å². The number of anilines is 2. The first-order chi connectivity index (χ1) is 12.7. The number of halogens is 1. The van der Waals surface area contributed by atoms with Gasteiger partial charge >= 0.3 is 0 Å². The van der Waals surface area contributed by atoms with Crippen LogP contribution in [0, 0.1) is 5.82 Å². The van der Waals surface area contributed by atoms with Gasteiger partial charge < -0.3 is 14.7 Å². The number of carbonyl (C=O) groups is 1. The van der Waals surface area contributed by atoms with Gasteiger partial charge in [0.1, 0.15) is 5.82 Å². The minimum Gasteiger partial charge on any atom is -0.370 e. The Morgan fingerprint density at radius 1 is 0.923 bits per heavy atom. The Labute approximate surface area is 153 Å². The van der Waals surface area contributed by atoms with Crippen LogP contribution in [-0.4, -0.2) is 55.1 Å². The van der Waals surface area contributed by atoms with Gasteiger partial charge in [0.05, 0.1) is 23.1 Å². The second kappa shape index (κ2) is 7.32. The maximum Gasteiger partial charge on any atom is 0.255 e. The van der Waals surface area contributed by atoms with Crippen molar-refractivity contribution in [3.63, 3.8) is 0 Å². The molecule has 0 N–H and O–H groups in total. The molecule has 2 aliphatic heterocycles. The summed E-state index contributed by atoms with van der Waals surface area (Å²) in [7, 11) is 0. The van der Waals surface area contributed by atoms with Gasteiger partial charge in [0, 0.05) is 45.5 Å². The van der Waals surface area contributed by atoms with E-state index < -0.39 is 0 Å². The van der Waals surface area contributed by atoms with E-state index in [0.717, 1.165) is 18.8 Å². The van der Waals surface area contributed by atoms with Gasteiger partial charge in [0.15, 0.2) is 0 Å². The van der Waals surface area contributed by atoms with E-state index in [2.05, 4.69) is 9.88 Å². The molecule has 26 heavy (non-hydrogen) atoms. The molecule has 2 fully saturated rings. The van der Waals surface area contributed by atoms with Crippen LogP contribution in [0.15, 0.2) is 42.7 Å². The number of aromatic nitrogens is 1. The van der Waals surface area contributed by atoms with Gasteiger partial charge in [-0.1, -0.05) is 12.1 Å². The number of hydrogen-bond acceptors (Lipinski definition) is 4. The number of amides is 1. The van der Waals surface area contributed by atoms with Crippen molar-refractivity contribution in [3.05, 3.63) is 54.1 Å². The van der Waals surface area contributed by atoms with Crippen molar-refractivity contribution in [2.75, 3.05) is 49.1 Å². The molecule has 0 radical (unpaired) electrons. The Bertz CT molecular complexity index is 783. The molecule has 0 bridgehead atoms. The fourth-order valence-corrected chi connectivity index (χ4v) is 3.73. The van der Waals surface area contributed by atoms with Gasteiger partial charge in [-0.3, -0.25) is 9.78 Å². The number of benzene rings is 1. The van der Waals surface area contributed by atoms with Crippen LogP contribution in [0.3, 0.4) is 0 Å². The largest absolute Gasteiger partial charge is 0.370 e. The highest BCUT2D eigenvalue weighted by Crippen LogP contribution is 2.23. The van der Waals surface area contributed by atoms with E-state index in [-0.39, 0.29) is 11.7 Å². The summed E-state index contributed by atoms with van der Waals surface area (Å²) in [5.74, 6) is -0.207. The summed E-state index contributed by atoms with van der Waals surface area (Å²) in [5, 5.41) is 0. The third kappa shape index (κ3) is 3.36. The van der Waals surface area contributed by atoms with Crippen LogP contribution < -0.4 is 9.80 Å². The van der Waals surface area contributed by atoms with Crippen molar-refractivity contribution in [1.29, 1.82) is 0 Å². The van der Waals surface area contributed by atoms with Gasteiger partial charge in [-0.2, -0.15) is 0 Å². The van der Waals surface area contributed by atoms with Crippen LogP contribution in [-0.2, 0) is 0 Å². The molecule has 2 aliphatic rings. The summed E-state index contributed by atoms with van der Waals surface area (Å²) in [6.07, 6.45) is 5.86. The molecule has 2 aromatic rings. The van der Waals surface area contributed by atoms with Crippen LogP contribution in [0.1, 0.15) is 23.2 Å². The van der Waals surface area contributed by atoms with Gasteiger partial charge in [-0.05, 0) is 31.0 Å². The van der Waals surface area contributed by atoms with E-state index in [4.69, 9.17) is 0 Å². The Morgan fingerprint density at radius 3 is 2.38 bits per heavy atom. The molecule has 4 rings (SSSR count). The molecule has 3 heterocycles. The van der Waals surface area contributed by atoms with Crippen molar-refractivity contribution in [1.82, 2.24) is 9.88 Å². The molecule has 0 aliphatic carbocycles. The van der Waals surface area contributed by atoms with E-state index >= 15 is 0 Å². The Kier molecular flexibility index (Phi) is 4.73. The van der Waals surface area contributed by atoms with Gasteiger partial charge in [-0.15, -0.1) is 0 Å². The number of hydrogen-bond donors (Lipinski definition) is 0. The first-order valence-electron chi connectivity index (χ1n) is 9.21. The van der Waals surface area contributed by atoms with Crippen molar-refractivity contribution >= 4 is 17.3 Å². The molecule has 6 heteroatoms. The SMILES string of the molecule is O=C(c1cncc(N2CCCC2)c1)N1CCN(c2ccccc2F)CC1. The summed E-state index contributed by atoms with van der Waals surface area (Å²) in [6, 6.07) is 8.74. The standard InChI is InChI=1S/C20H23FN4O/c21-18-5-1-2-6-19(18)24-9-11-25(12-10-24)20(26)16-13-17(15-22-14-16)23-7-3-4-8-23/h1-2,5-6,13-15H,3-4,7-12H2. The molecule has 2 saturated heterocycles. The maximum atomic E-state index is 14.0. The highest BCUT2D eigenvalue weighted by atomic mass is 19.1. The van der Waals surface area contributed by atoms with Crippen LogP contribution in [0.25, 0.3) is 0 Å². The normalized spacial score (nSPS) is 17.7. The van der Waals surface area contributed by atoms with Crippen LogP contribution >= 0.6 is 0 Å². The first-order valence-corrected chi connectivity index (χ1v) is 9.21. The van der Waals surface area contributed by atoms with E-state index in [0.29, 0.717) is 37.4 Å². The molecule has 0 atom stereocenters. The predicted octanol–water partition coefficient (Wildman–Crippen LogP) is 2.78. The molecule has 0 spiro atoms. The molecule has 1 aromatic heterocycles. The molecule has 136 valence electrons. The highest BCUT2D eigenvalue weighted by Gasteiger charge is 2.24. The molecule has 0 saturated carbocycles. The fourth-order valence-electron chi connectivity index (χ4n) is 3.73. The molecule has 1 amide bonds. The smallest absolute Gasteiger partial charge is 0.255 e. The van der Waals surface area contributed by atoms with Crippen molar-refractivity contribution < 1.29 is 9.18 Å². The van der Waals surface area contributed by atoms with Crippen molar-refractivity contribution in [3.8, 4) is 0 Å². The minimum absolute atomic E-state index is 0.00623. The van der Waals surface area contributed by atoms with E-state index in [9.17, 15) is 9.18 Å². The quantitative estimate of drug-likeness (QED) is 0.850. The van der Waals surface area contributed by atoms with Gasteiger partial charge in [0.25, 0.3) is 5.91 Å². The van der Waals surface area contributed by atoms with Crippen molar-refractivity contribution in [2.45, 2.75) is 12.8 Å². The average molecular weight is 354 g/mol. The number of nitrogens with zero attached hydrogens (tertiary/aromatic N) is 4. The number of carbonyl (C=O) groups excluding carboxylic acids is 1. The lowest BCUT2D eigenvalue weighted by atomic mass is 10.2. The lowest BCUT2D eigenvalue weighted by molar-refractivity contribution is 0.0746. The lowest BCUT2D eigenvalue weighted by Crippen LogP contribution is -2.49. The predicted molar refractivity (Wildman–Crippen MR) is 100 cm³/mol. The monoisotopic (exact) mass is 354 g/mol. The second-order valence-corrected chi connectivity index (χ2v) is 6.86. The number of rotatable bonds is 3. The number of para-hydroxylation sites is 1. The first kappa shape index (κ1) is 16.8. The molecular weight excluding hydrogens is 331 g/mol. The third-order valence-electron chi connectivity index (χ3n) is 5.20. The zero-order valence-corrected chi connectivity index (χ0v) is 14.8. The second-order valence-electron chi connectivity index (χ2n) is 6.86. The zero-order valence-electron chi connectivity index (χ0n) is 14.8. The fraction of sp³-hybridized carbons (Fsp3) is 0.400. The summed E-state index contributed by atoms with van der Waals surface area (Å²) >= 11 is 0. The van der Waals surface area contributed by atoms with Gasteiger partial charge in [-0.25, -0.2) is 4.39 Å². The summed E-state index contributed by atoms with van der Waals surface area (Å²) in [4.78, 5) is 23.2. The third-order valence-corrected chi connectivity index (χ3v) is 5.20. The van der Waals surface area contributed by atoms with Gasteiger partial charge in [0.2, 0.25) is 0 Å². The van der Waals surface area contributed by atoms with Crippen molar-refractivity contribution in [2.24, 2.45) is 0 Å². The van der Waals surface area contributed by atoms with E-state index in [1.807, 2.05) is 28.1 Å². The maximum absolute atomic E-state index is 14.0. The van der Waals surface area contributed by atoms with Crippen LogP contribution in [0.4, 0.5) is 15.8 Å².